The maximum absolute atomic E-state index is 10.7. The molecule has 0 amide bonds. The Balaban J connectivity index is 0.999. The standard InChI is InChI=1S/C24H34N2O3/c1-28-22-5-3-2-4-21(22)26-8-6-25(7-9-26)15-20(27)16-29-23-12-17-10-18-11-19(14-23)24(18,23)13-17/h2-5,17-20,27H,6-16H2,1H3. The third-order valence-corrected chi connectivity index (χ3v) is 9.13. The van der Waals surface area contributed by atoms with Gasteiger partial charge in [0.2, 0.25) is 0 Å². The summed E-state index contributed by atoms with van der Waals surface area (Å²) < 4.78 is 12.0. The zero-order chi connectivity index (χ0) is 19.6. The lowest BCUT2D eigenvalue weighted by molar-refractivity contribution is -0.309. The summed E-state index contributed by atoms with van der Waals surface area (Å²) in [4.78, 5) is 4.77. The zero-order valence-electron chi connectivity index (χ0n) is 17.6. The molecule has 5 fully saturated rings. The van der Waals surface area contributed by atoms with Crippen LogP contribution in [0.3, 0.4) is 0 Å². The molecule has 5 aliphatic rings. The van der Waals surface area contributed by atoms with Crippen LogP contribution in [0.2, 0.25) is 0 Å². The fourth-order valence-corrected chi connectivity index (χ4v) is 8.01. The Morgan fingerprint density at radius 2 is 1.90 bits per heavy atom. The summed E-state index contributed by atoms with van der Waals surface area (Å²) in [6.07, 6.45) is 6.49. The van der Waals surface area contributed by atoms with Gasteiger partial charge in [0.25, 0.3) is 0 Å². The number of aliphatic hydroxyl groups is 1. The summed E-state index contributed by atoms with van der Waals surface area (Å²) in [5.74, 6) is 3.74. The fourth-order valence-electron chi connectivity index (χ4n) is 8.01. The van der Waals surface area contributed by atoms with Gasteiger partial charge < -0.3 is 19.5 Å². The number of para-hydroxylation sites is 2. The summed E-state index contributed by atoms with van der Waals surface area (Å²) in [5.41, 5.74) is 1.85. The summed E-state index contributed by atoms with van der Waals surface area (Å²) in [7, 11) is 1.73. The normalized spacial score (nSPS) is 40.9. The van der Waals surface area contributed by atoms with Gasteiger partial charge in [-0.1, -0.05) is 12.1 Å². The van der Waals surface area contributed by atoms with Crippen molar-refractivity contribution in [2.45, 2.75) is 43.8 Å². The number of anilines is 1. The second-order valence-corrected chi connectivity index (χ2v) is 10.3. The molecule has 5 heteroatoms. The topological polar surface area (TPSA) is 45.2 Å². The maximum atomic E-state index is 10.7. The molecule has 4 aliphatic carbocycles. The molecule has 1 N–H and O–H groups in total. The molecule has 6 rings (SSSR count). The third-order valence-electron chi connectivity index (χ3n) is 9.13. The largest absolute Gasteiger partial charge is 0.495 e. The molecule has 5 nitrogen and oxygen atoms in total. The highest BCUT2D eigenvalue weighted by molar-refractivity contribution is 5.58. The Labute approximate surface area is 174 Å². The Morgan fingerprint density at radius 1 is 1.07 bits per heavy atom. The highest BCUT2D eigenvalue weighted by Crippen LogP contribution is 2.83. The van der Waals surface area contributed by atoms with E-state index < -0.39 is 0 Å². The first kappa shape index (κ1) is 18.5. The van der Waals surface area contributed by atoms with Crippen molar-refractivity contribution in [2.24, 2.45) is 23.2 Å². The summed E-state index contributed by atoms with van der Waals surface area (Å²) in [6, 6.07) is 8.23. The molecule has 1 aromatic rings. The molecule has 1 spiro atoms. The van der Waals surface area contributed by atoms with E-state index in [9.17, 15) is 5.11 Å². The van der Waals surface area contributed by atoms with Crippen LogP contribution in [0.5, 0.6) is 5.75 Å². The van der Waals surface area contributed by atoms with Crippen LogP contribution in [-0.4, -0.2) is 68.2 Å². The predicted molar refractivity (Wildman–Crippen MR) is 112 cm³/mol. The minimum atomic E-state index is -0.379. The highest BCUT2D eigenvalue weighted by atomic mass is 16.5. The Bertz CT molecular complexity index is 779. The van der Waals surface area contributed by atoms with Crippen molar-refractivity contribution < 1.29 is 14.6 Å². The first-order valence-corrected chi connectivity index (χ1v) is 11.6. The molecule has 1 saturated heterocycles. The second-order valence-electron chi connectivity index (χ2n) is 10.3. The van der Waals surface area contributed by atoms with Crippen LogP contribution in [0.4, 0.5) is 5.69 Å². The number of piperazine rings is 1. The van der Waals surface area contributed by atoms with E-state index in [1.165, 1.54) is 37.8 Å². The summed E-state index contributed by atoms with van der Waals surface area (Å²) in [6.45, 7) is 5.10. The number of ether oxygens (including phenoxy) is 2. The van der Waals surface area contributed by atoms with Gasteiger partial charge in [-0.3, -0.25) is 4.90 Å². The lowest BCUT2D eigenvalue weighted by atomic mass is 9.36. The molecule has 1 heterocycles. The van der Waals surface area contributed by atoms with Crippen molar-refractivity contribution in [3.8, 4) is 5.75 Å². The Hall–Kier alpha value is -1.30. The van der Waals surface area contributed by atoms with Crippen LogP contribution in [0, 0.1) is 23.2 Å². The average Bonchev–Trinajstić information content (AvgIpc) is 3.22. The lowest BCUT2D eigenvalue weighted by Crippen LogP contribution is -2.72. The smallest absolute Gasteiger partial charge is 0.142 e. The Kier molecular flexibility index (Phi) is 4.20. The molecule has 1 aromatic carbocycles. The molecular formula is C24H34N2O3. The van der Waals surface area contributed by atoms with Crippen molar-refractivity contribution in [1.82, 2.24) is 4.90 Å². The number of rotatable bonds is 7. The van der Waals surface area contributed by atoms with Gasteiger partial charge >= 0.3 is 0 Å². The van der Waals surface area contributed by atoms with Gasteiger partial charge in [0.15, 0.2) is 0 Å². The number of hydrogen-bond donors (Lipinski definition) is 1. The Morgan fingerprint density at radius 3 is 2.66 bits per heavy atom. The average molecular weight is 399 g/mol. The number of fused-ring (bicyclic) bond motifs is 1. The van der Waals surface area contributed by atoms with E-state index in [4.69, 9.17) is 9.47 Å². The quantitative estimate of drug-likeness (QED) is 0.765. The lowest BCUT2D eigenvalue weighted by Gasteiger charge is -2.72. The number of aliphatic hydroxyl groups excluding tert-OH is 1. The molecule has 4 saturated carbocycles. The van der Waals surface area contributed by atoms with Crippen LogP contribution in [-0.2, 0) is 4.74 Å². The number of benzene rings is 1. The van der Waals surface area contributed by atoms with E-state index in [1.54, 1.807) is 7.11 Å². The van der Waals surface area contributed by atoms with Crippen LogP contribution in [0.15, 0.2) is 24.3 Å². The van der Waals surface area contributed by atoms with E-state index in [2.05, 4.69) is 21.9 Å². The highest BCUT2D eigenvalue weighted by Gasteiger charge is 2.81. The number of β-amino-alcohol motifs (C(OH)–C–C–N with tert-alkyl or cyclic N) is 1. The van der Waals surface area contributed by atoms with Gasteiger partial charge in [0.1, 0.15) is 5.75 Å². The molecule has 6 atom stereocenters. The van der Waals surface area contributed by atoms with Crippen LogP contribution >= 0.6 is 0 Å². The molecule has 1 aliphatic heterocycles. The van der Waals surface area contributed by atoms with Crippen LogP contribution < -0.4 is 9.64 Å². The van der Waals surface area contributed by atoms with E-state index >= 15 is 0 Å². The molecule has 0 aromatic heterocycles. The van der Waals surface area contributed by atoms with Gasteiger partial charge in [-0.05, 0) is 62.0 Å². The van der Waals surface area contributed by atoms with Gasteiger partial charge in [-0.25, -0.2) is 0 Å². The van der Waals surface area contributed by atoms with E-state index in [-0.39, 0.29) is 11.7 Å². The molecule has 29 heavy (non-hydrogen) atoms. The molecule has 2 bridgehead atoms. The molecule has 158 valence electrons. The van der Waals surface area contributed by atoms with Gasteiger partial charge in [0.05, 0.1) is 31.1 Å². The second kappa shape index (κ2) is 6.60. The maximum Gasteiger partial charge on any atom is 0.142 e. The summed E-state index contributed by atoms with van der Waals surface area (Å²) in [5, 5.41) is 10.7. The number of nitrogens with zero attached hydrogens (tertiary/aromatic N) is 2. The van der Waals surface area contributed by atoms with Crippen molar-refractivity contribution >= 4 is 5.69 Å². The van der Waals surface area contributed by atoms with Gasteiger partial charge in [-0.15, -0.1) is 0 Å². The van der Waals surface area contributed by atoms with Gasteiger partial charge in [-0.2, -0.15) is 0 Å². The third kappa shape index (κ3) is 2.56. The van der Waals surface area contributed by atoms with Gasteiger partial charge in [0, 0.05) is 38.1 Å². The number of methoxy groups -OCH3 is 1. The fraction of sp³-hybridized carbons (Fsp3) is 0.750. The zero-order valence-corrected chi connectivity index (χ0v) is 17.6. The van der Waals surface area contributed by atoms with Crippen LogP contribution in [0.1, 0.15) is 32.1 Å². The van der Waals surface area contributed by atoms with Crippen molar-refractivity contribution in [3.05, 3.63) is 24.3 Å². The predicted octanol–water partition coefficient (Wildman–Crippen LogP) is 2.77. The van der Waals surface area contributed by atoms with E-state index in [0.717, 1.165) is 56.2 Å². The van der Waals surface area contributed by atoms with Crippen LogP contribution in [0.25, 0.3) is 0 Å². The SMILES string of the molecule is COc1ccccc1N1CCN(CC(O)COC23CC4CC5CC(C2)C53C4)CC1. The minimum absolute atomic E-state index is 0.146. The molecular weight excluding hydrogens is 364 g/mol. The van der Waals surface area contributed by atoms with Crippen molar-refractivity contribution in [3.63, 3.8) is 0 Å². The first-order valence-electron chi connectivity index (χ1n) is 11.6. The first-order chi connectivity index (χ1) is 14.1. The minimum Gasteiger partial charge on any atom is -0.495 e. The molecule has 0 radical (unpaired) electrons. The number of hydrogen-bond acceptors (Lipinski definition) is 5. The summed E-state index contributed by atoms with van der Waals surface area (Å²) >= 11 is 0. The monoisotopic (exact) mass is 398 g/mol. The van der Waals surface area contributed by atoms with Crippen molar-refractivity contribution in [1.29, 1.82) is 0 Å². The van der Waals surface area contributed by atoms with Crippen molar-refractivity contribution in [2.75, 3.05) is 51.3 Å². The van der Waals surface area contributed by atoms with E-state index in [1.807, 2.05) is 12.1 Å². The van der Waals surface area contributed by atoms with E-state index in [0.29, 0.717) is 12.0 Å². The molecule has 6 unspecified atom stereocenters.